The molecule has 0 saturated heterocycles. The molecule has 0 unspecified atom stereocenters. The van der Waals surface area contributed by atoms with Gasteiger partial charge in [0.2, 0.25) is 0 Å². The Morgan fingerprint density at radius 3 is 2.64 bits per heavy atom. The molecule has 0 heterocycles. The fourth-order valence-corrected chi connectivity index (χ4v) is 1.97. The minimum atomic E-state index is -0.118. The van der Waals surface area contributed by atoms with E-state index >= 15 is 0 Å². The maximum atomic E-state index is 12.2. The molecule has 0 saturated carbocycles. The molecule has 0 radical (unpaired) electrons. The highest BCUT2D eigenvalue weighted by Gasteiger charge is 2.09. The smallest absolute Gasteiger partial charge is 0.251 e. The van der Waals surface area contributed by atoms with E-state index < -0.39 is 0 Å². The summed E-state index contributed by atoms with van der Waals surface area (Å²) in [5.41, 5.74) is 7.82. The summed E-state index contributed by atoms with van der Waals surface area (Å²) in [6.07, 6.45) is 0. The molecule has 1 aromatic carbocycles. The van der Waals surface area contributed by atoms with Gasteiger partial charge in [0.15, 0.2) is 0 Å². The van der Waals surface area contributed by atoms with E-state index in [2.05, 4.69) is 30.6 Å². The zero-order valence-electron chi connectivity index (χ0n) is 13.8. The monoisotopic (exact) mass is 305 g/mol. The molecule has 1 rings (SSSR count). The van der Waals surface area contributed by atoms with Gasteiger partial charge in [-0.3, -0.25) is 4.79 Å². The van der Waals surface area contributed by atoms with E-state index in [1.165, 1.54) is 0 Å². The number of nitrogen functional groups attached to an aromatic ring is 1. The Morgan fingerprint density at radius 1 is 1.36 bits per heavy atom. The quantitative estimate of drug-likeness (QED) is 0.542. The van der Waals surface area contributed by atoms with Gasteiger partial charge in [-0.25, -0.2) is 0 Å². The Hall–Kier alpha value is -2.01. The first kappa shape index (κ1) is 18.0. The van der Waals surface area contributed by atoms with Crippen LogP contribution in [0.15, 0.2) is 30.4 Å². The third-order valence-corrected chi connectivity index (χ3v) is 3.36. The lowest BCUT2D eigenvalue weighted by atomic mass is 10.1. The lowest BCUT2D eigenvalue weighted by Crippen LogP contribution is -2.34. The summed E-state index contributed by atoms with van der Waals surface area (Å²) in [6, 6.07) is 5.06. The van der Waals surface area contributed by atoms with Crippen molar-refractivity contribution >= 4 is 11.6 Å². The SMILES string of the molecule is C=C(C)COc1cc(C(=O)NCCN(CC)CC)ccc1N. The Kier molecular flexibility index (Phi) is 7.46. The standard InChI is InChI=1S/C17H27N3O2/c1-5-20(6-2)10-9-19-17(21)14-7-8-15(18)16(11-14)22-12-13(3)4/h7-8,11H,3,5-6,9-10,12,18H2,1-2,4H3,(H,19,21). The van der Waals surface area contributed by atoms with E-state index in [4.69, 9.17) is 10.5 Å². The van der Waals surface area contributed by atoms with Crippen LogP contribution in [0.5, 0.6) is 5.75 Å². The molecule has 0 aliphatic rings. The van der Waals surface area contributed by atoms with E-state index in [-0.39, 0.29) is 5.91 Å². The molecule has 0 aliphatic carbocycles. The molecule has 0 spiro atoms. The van der Waals surface area contributed by atoms with Crippen LogP contribution in [0.4, 0.5) is 5.69 Å². The van der Waals surface area contributed by atoms with Crippen LogP contribution in [0.3, 0.4) is 0 Å². The normalized spacial score (nSPS) is 10.5. The van der Waals surface area contributed by atoms with Gasteiger partial charge in [-0.15, -0.1) is 0 Å². The molecule has 1 aromatic rings. The lowest BCUT2D eigenvalue weighted by molar-refractivity contribution is 0.0948. The largest absolute Gasteiger partial charge is 0.487 e. The van der Waals surface area contributed by atoms with Crippen molar-refractivity contribution in [2.75, 3.05) is 38.5 Å². The van der Waals surface area contributed by atoms with Crippen molar-refractivity contribution in [3.05, 3.63) is 35.9 Å². The van der Waals surface area contributed by atoms with Crippen LogP contribution >= 0.6 is 0 Å². The third kappa shape index (κ3) is 5.77. The Morgan fingerprint density at radius 2 is 2.05 bits per heavy atom. The molecule has 3 N–H and O–H groups in total. The Balaban J connectivity index is 2.61. The van der Waals surface area contributed by atoms with Gasteiger partial charge >= 0.3 is 0 Å². The summed E-state index contributed by atoms with van der Waals surface area (Å²) in [4.78, 5) is 14.4. The first-order valence-electron chi connectivity index (χ1n) is 7.65. The van der Waals surface area contributed by atoms with Gasteiger partial charge in [0, 0.05) is 18.7 Å². The van der Waals surface area contributed by atoms with Gasteiger partial charge in [0.25, 0.3) is 5.91 Å². The number of nitrogens with two attached hydrogens (primary N) is 1. The van der Waals surface area contributed by atoms with Gasteiger partial charge < -0.3 is 20.7 Å². The zero-order chi connectivity index (χ0) is 16.5. The van der Waals surface area contributed by atoms with E-state index in [1.807, 2.05) is 6.92 Å². The maximum absolute atomic E-state index is 12.2. The number of nitrogens with one attached hydrogen (secondary N) is 1. The Labute approximate surface area is 133 Å². The van der Waals surface area contributed by atoms with Crippen molar-refractivity contribution in [1.29, 1.82) is 0 Å². The molecule has 0 aliphatic heterocycles. The van der Waals surface area contributed by atoms with Crippen LogP contribution in [0, 0.1) is 0 Å². The topological polar surface area (TPSA) is 67.6 Å². The van der Waals surface area contributed by atoms with Crippen LogP contribution in [0.25, 0.3) is 0 Å². The number of likely N-dealkylation sites (N-methyl/N-ethyl adjacent to an activating group) is 1. The molecule has 122 valence electrons. The van der Waals surface area contributed by atoms with Crippen molar-refractivity contribution in [3.8, 4) is 5.75 Å². The molecule has 0 atom stereocenters. The summed E-state index contributed by atoms with van der Waals surface area (Å²) in [7, 11) is 0. The minimum absolute atomic E-state index is 0.118. The van der Waals surface area contributed by atoms with Crippen molar-refractivity contribution in [1.82, 2.24) is 10.2 Å². The highest BCUT2D eigenvalue weighted by molar-refractivity contribution is 5.95. The van der Waals surface area contributed by atoms with Gasteiger partial charge in [-0.05, 0) is 43.8 Å². The number of rotatable bonds is 9. The van der Waals surface area contributed by atoms with E-state index in [1.54, 1.807) is 18.2 Å². The first-order valence-corrected chi connectivity index (χ1v) is 7.65. The number of hydrogen-bond donors (Lipinski definition) is 2. The van der Waals surface area contributed by atoms with Gasteiger partial charge in [-0.1, -0.05) is 20.4 Å². The highest BCUT2D eigenvalue weighted by atomic mass is 16.5. The van der Waals surface area contributed by atoms with Crippen molar-refractivity contribution in [3.63, 3.8) is 0 Å². The Bertz CT molecular complexity index is 511. The molecule has 5 nitrogen and oxygen atoms in total. The van der Waals surface area contributed by atoms with Crippen LogP contribution < -0.4 is 15.8 Å². The summed E-state index contributed by atoms with van der Waals surface area (Å²) in [6.45, 7) is 13.7. The summed E-state index contributed by atoms with van der Waals surface area (Å²) in [5, 5.41) is 2.92. The number of anilines is 1. The predicted molar refractivity (Wildman–Crippen MR) is 91.3 cm³/mol. The number of hydrogen-bond acceptors (Lipinski definition) is 4. The molecule has 1 amide bonds. The number of amides is 1. The fourth-order valence-electron chi connectivity index (χ4n) is 1.97. The average molecular weight is 305 g/mol. The third-order valence-electron chi connectivity index (χ3n) is 3.36. The molecule has 0 aromatic heterocycles. The molecule has 0 bridgehead atoms. The lowest BCUT2D eigenvalue weighted by Gasteiger charge is -2.18. The van der Waals surface area contributed by atoms with Gasteiger partial charge in [0.1, 0.15) is 12.4 Å². The van der Waals surface area contributed by atoms with Crippen molar-refractivity contribution in [2.45, 2.75) is 20.8 Å². The summed E-state index contributed by atoms with van der Waals surface area (Å²) >= 11 is 0. The zero-order valence-corrected chi connectivity index (χ0v) is 13.8. The van der Waals surface area contributed by atoms with E-state index in [0.717, 1.165) is 25.2 Å². The number of carbonyl (C=O) groups is 1. The van der Waals surface area contributed by atoms with Gasteiger partial charge in [0.05, 0.1) is 5.69 Å². The van der Waals surface area contributed by atoms with Crippen molar-refractivity contribution in [2.24, 2.45) is 0 Å². The van der Waals surface area contributed by atoms with Crippen LogP contribution in [-0.4, -0.2) is 43.6 Å². The summed E-state index contributed by atoms with van der Waals surface area (Å²) < 4.78 is 5.55. The second kappa shape index (κ2) is 9.10. The predicted octanol–water partition coefficient (Wildman–Crippen LogP) is 2.30. The fraction of sp³-hybridized carbons (Fsp3) is 0.471. The first-order chi connectivity index (χ1) is 10.5. The number of ether oxygens (including phenoxy) is 1. The van der Waals surface area contributed by atoms with Crippen LogP contribution in [0.2, 0.25) is 0 Å². The number of nitrogens with zero attached hydrogens (tertiary/aromatic N) is 1. The maximum Gasteiger partial charge on any atom is 0.251 e. The van der Waals surface area contributed by atoms with E-state index in [9.17, 15) is 4.79 Å². The molecule has 0 fully saturated rings. The minimum Gasteiger partial charge on any atom is -0.487 e. The number of benzene rings is 1. The molecule has 22 heavy (non-hydrogen) atoms. The van der Waals surface area contributed by atoms with E-state index in [0.29, 0.717) is 30.2 Å². The highest BCUT2D eigenvalue weighted by Crippen LogP contribution is 2.23. The van der Waals surface area contributed by atoms with Crippen LogP contribution in [0.1, 0.15) is 31.1 Å². The molecule has 5 heteroatoms. The molecular formula is C17H27N3O2. The average Bonchev–Trinajstić information content (AvgIpc) is 2.50. The second-order valence-corrected chi connectivity index (χ2v) is 5.28. The van der Waals surface area contributed by atoms with Gasteiger partial charge in [-0.2, -0.15) is 0 Å². The molecular weight excluding hydrogens is 278 g/mol. The summed E-state index contributed by atoms with van der Waals surface area (Å²) in [5.74, 6) is 0.395. The second-order valence-electron chi connectivity index (χ2n) is 5.28. The number of carbonyl (C=O) groups excluding carboxylic acids is 1. The van der Waals surface area contributed by atoms with Crippen molar-refractivity contribution < 1.29 is 9.53 Å². The van der Waals surface area contributed by atoms with Crippen LogP contribution in [-0.2, 0) is 0 Å².